The highest BCUT2D eigenvalue weighted by Gasteiger charge is 2.26. The predicted molar refractivity (Wildman–Crippen MR) is 131 cm³/mol. The summed E-state index contributed by atoms with van der Waals surface area (Å²) >= 11 is 5.79. The Bertz CT molecular complexity index is 1020. The van der Waals surface area contributed by atoms with Gasteiger partial charge in [-0.1, -0.05) is 18.5 Å². The van der Waals surface area contributed by atoms with E-state index in [0.29, 0.717) is 22.9 Å². The van der Waals surface area contributed by atoms with Crippen LogP contribution in [0.3, 0.4) is 0 Å². The molecule has 0 bridgehead atoms. The third-order valence-corrected chi connectivity index (χ3v) is 6.72. The number of nitrogens with zero attached hydrogens (tertiary/aromatic N) is 2. The predicted octanol–water partition coefficient (Wildman–Crippen LogP) is 5.99. The third kappa shape index (κ3) is 5.77. The molecule has 3 amide bonds. The summed E-state index contributed by atoms with van der Waals surface area (Å²) in [4.78, 5) is 30.2. The number of rotatable bonds is 4. The van der Waals surface area contributed by atoms with Gasteiger partial charge in [-0.25, -0.2) is 9.18 Å². The van der Waals surface area contributed by atoms with Crippen molar-refractivity contribution in [1.29, 1.82) is 0 Å². The van der Waals surface area contributed by atoms with Gasteiger partial charge in [0.25, 0.3) is 5.91 Å². The Morgan fingerprint density at radius 1 is 0.939 bits per heavy atom. The van der Waals surface area contributed by atoms with E-state index in [1.807, 2.05) is 17.0 Å². The molecule has 176 valence electrons. The average Bonchev–Trinajstić information content (AvgIpc) is 2.82. The smallest absolute Gasteiger partial charge is 0.323 e. The summed E-state index contributed by atoms with van der Waals surface area (Å²) in [7, 11) is 0. The number of anilines is 3. The van der Waals surface area contributed by atoms with Crippen molar-refractivity contribution in [2.75, 3.05) is 41.7 Å². The summed E-state index contributed by atoms with van der Waals surface area (Å²) in [5.74, 6) is 0.0929. The second kappa shape index (κ2) is 10.4. The van der Waals surface area contributed by atoms with Crippen LogP contribution < -0.4 is 15.5 Å². The first kappa shape index (κ1) is 23.4. The van der Waals surface area contributed by atoms with Crippen LogP contribution >= 0.6 is 11.6 Å². The summed E-state index contributed by atoms with van der Waals surface area (Å²) in [6, 6.07) is 9.00. The van der Waals surface area contributed by atoms with Crippen molar-refractivity contribution >= 4 is 40.6 Å². The first-order valence-electron chi connectivity index (χ1n) is 11.6. The van der Waals surface area contributed by atoms with E-state index in [2.05, 4.69) is 22.5 Å². The summed E-state index contributed by atoms with van der Waals surface area (Å²) in [5.41, 5.74) is 2.45. The van der Waals surface area contributed by atoms with Crippen LogP contribution in [0.2, 0.25) is 5.02 Å². The molecule has 8 heteroatoms. The van der Waals surface area contributed by atoms with Gasteiger partial charge in [-0.05, 0) is 74.4 Å². The normalized spacial score (nSPS) is 17.1. The molecule has 2 heterocycles. The van der Waals surface area contributed by atoms with Crippen molar-refractivity contribution in [3.8, 4) is 0 Å². The molecule has 4 rings (SSSR count). The maximum Gasteiger partial charge on any atom is 0.323 e. The van der Waals surface area contributed by atoms with Crippen LogP contribution in [-0.2, 0) is 0 Å². The molecule has 33 heavy (non-hydrogen) atoms. The summed E-state index contributed by atoms with van der Waals surface area (Å²) in [6.07, 6.45) is 5.43. The Labute approximate surface area is 199 Å². The number of piperidine rings is 2. The zero-order valence-corrected chi connectivity index (χ0v) is 19.6. The van der Waals surface area contributed by atoms with Crippen molar-refractivity contribution in [3.05, 3.63) is 52.8 Å². The Balaban J connectivity index is 1.54. The second-order valence-electron chi connectivity index (χ2n) is 8.96. The van der Waals surface area contributed by atoms with Gasteiger partial charge in [0.05, 0.1) is 10.6 Å². The number of carbonyl (C=O) groups excluding carboxylic acids is 2. The second-order valence-corrected chi connectivity index (χ2v) is 9.37. The number of nitrogens with one attached hydrogen (secondary N) is 2. The van der Waals surface area contributed by atoms with E-state index in [9.17, 15) is 14.0 Å². The zero-order chi connectivity index (χ0) is 23.4. The molecule has 2 saturated heterocycles. The van der Waals surface area contributed by atoms with E-state index in [0.717, 1.165) is 57.5 Å². The molecule has 0 aliphatic carbocycles. The lowest BCUT2D eigenvalue weighted by atomic mass is 9.98. The molecule has 0 aromatic heterocycles. The molecule has 0 radical (unpaired) electrons. The minimum absolute atomic E-state index is 0.0110. The van der Waals surface area contributed by atoms with E-state index in [4.69, 9.17) is 11.6 Å². The van der Waals surface area contributed by atoms with Crippen molar-refractivity contribution in [2.24, 2.45) is 5.92 Å². The van der Waals surface area contributed by atoms with E-state index in [-0.39, 0.29) is 10.9 Å². The van der Waals surface area contributed by atoms with Crippen molar-refractivity contribution in [1.82, 2.24) is 4.90 Å². The van der Waals surface area contributed by atoms with Crippen LogP contribution in [0.5, 0.6) is 0 Å². The minimum atomic E-state index is -0.550. The Morgan fingerprint density at radius 3 is 2.24 bits per heavy atom. The molecule has 2 N–H and O–H groups in total. The van der Waals surface area contributed by atoms with Crippen LogP contribution in [0.25, 0.3) is 0 Å². The minimum Gasteiger partial charge on any atom is -0.371 e. The summed E-state index contributed by atoms with van der Waals surface area (Å²) in [5, 5.41) is 5.36. The average molecular weight is 473 g/mol. The fourth-order valence-corrected chi connectivity index (χ4v) is 4.63. The van der Waals surface area contributed by atoms with Crippen LogP contribution in [0.1, 0.15) is 49.4 Å². The van der Waals surface area contributed by atoms with E-state index in [1.54, 1.807) is 6.07 Å². The maximum absolute atomic E-state index is 13.5. The van der Waals surface area contributed by atoms with Gasteiger partial charge < -0.3 is 20.4 Å². The van der Waals surface area contributed by atoms with Crippen LogP contribution in [0.4, 0.5) is 26.2 Å². The van der Waals surface area contributed by atoms with Gasteiger partial charge >= 0.3 is 6.03 Å². The lowest BCUT2D eigenvalue weighted by Crippen LogP contribution is -2.39. The SMILES string of the molecule is CC1CCN(C(=O)c2cc(NC(=O)Nc3ccc(F)c(Cl)c3)ccc2N2CCCCC2)CC1. The standard InChI is InChI=1S/C25H30ClFN4O2/c1-17-9-13-31(14-10-17)24(32)20-15-18(6-8-23(20)30-11-3-2-4-12-30)28-25(33)29-19-5-7-22(27)21(26)16-19/h5-8,15-17H,2-4,9-14H2,1H3,(H2,28,29,33). The highest BCUT2D eigenvalue weighted by Crippen LogP contribution is 2.30. The van der Waals surface area contributed by atoms with Gasteiger partial charge in [0, 0.05) is 43.2 Å². The largest absolute Gasteiger partial charge is 0.371 e. The Morgan fingerprint density at radius 2 is 1.58 bits per heavy atom. The van der Waals surface area contributed by atoms with Crippen LogP contribution in [0, 0.1) is 11.7 Å². The number of hydrogen-bond donors (Lipinski definition) is 2. The monoisotopic (exact) mass is 472 g/mol. The van der Waals surface area contributed by atoms with E-state index < -0.39 is 11.8 Å². The number of halogens is 2. The molecule has 0 unspecified atom stereocenters. The molecule has 2 aliphatic heterocycles. The van der Waals surface area contributed by atoms with E-state index in [1.165, 1.54) is 24.6 Å². The molecule has 2 fully saturated rings. The quantitative estimate of drug-likeness (QED) is 0.574. The molecule has 0 spiro atoms. The maximum atomic E-state index is 13.5. The number of urea groups is 1. The van der Waals surface area contributed by atoms with Crippen LogP contribution in [0.15, 0.2) is 36.4 Å². The molecule has 0 saturated carbocycles. The highest BCUT2D eigenvalue weighted by atomic mass is 35.5. The lowest BCUT2D eigenvalue weighted by Gasteiger charge is -2.34. The first-order valence-corrected chi connectivity index (χ1v) is 12.0. The van der Waals surface area contributed by atoms with Crippen molar-refractivity contribution in [3.63, 3.8) is 0 Å². The zero-order valence-electron chi connectivity index (χ0n) is 18.9. The van der Waals surface area contributed by atoms with Crippen molar-refractivity contribution in [2.45, 2.75) is 39.0 Å². The van der Waals surface area contributed by atoms with Gasteiger partial charge in [0.1, 0.15) is 5.82 Å². The molecular weight excluding hydrogens is 443 g/mol. The van der Waals surface area contributed by atoms with Crippen molar-refractivity contribution < 1.29 is 14.0 Å². The molecular formula is C25H30ClFN4O2. The molecule has 2 aromatic carbocycles. The van der Waals surface area contributed by atoms with Gasteiger partial charge in [-0.3, -0.25) is 4.79 Å². The topological polar surface area (TPSA) is 64.7 Å². The molecule has 6 nitrogen and oxygen atoms in total. The first-order chi connectivity index (χ1) is 15.9. The van der Waals surface area contributed by atoms with E-state index >= 15 is 0 Å². The number of carbonyl (C=O) groups is 2. The summed E-state index contributed by atoms with van der Waals surface area (Å²) < 4.78 is 13.4. The fraction of sp³-hybridized carbons (Fsp3) is 0.440. The number of benzene rings is 2. The number of likely N-dealkylation sites (tertiary alicyclic amines) is 1. The molecule has 2 aromatic rings. The lowest BCUT2D eigenvalue weighted by molar-refractivity contribution is 0.0697. The Kier molecular flexibility index (Phi) is 7.38. The third-order valence-electron chi connectivity index (χ3n) is 6.43. The Hall–Kier alpha value is -2.80. The number of hydrogen-bond acceptors (Lipinski definition) is 3. The molecule has 2 aliphatic rings. The molecule has 0 atom stereocenters. The summed E-state index contributed by atoms with van der Waals surface area (Å²) in [6.45, 7) is 5.58. The van der Waals surface area contributed by atoms with Gasteiger partial charge in [0.2, 0.25) is 0 Å². The van der Waals surface area contributed by atoms with Gasteiger partial charge in [0.15, 0.2) is 0 Å². The van der Waals surface area contributed by atoms with Crippen LogP contribution in [-0.4, -0.2) is 43.0 Å². The highest BCUT2D eigenvalue weighted by molar-refractivity contribution is 6.31. The van der Waals surface area contributed by atoms with Gasteiger partial charge in [-0.2, -0.15) is 0 Å². The van der Waals surface area contributed by atoms with Gasteiger partial charge in [-0.15, -0.1) is 0 Å². The number of amides is 3. The fourth-order valence-electron chi connectivity index (χ4n) is 4.45.